The van der Waals surface area contributed by atoms with E-state index in [1.54, 1.807) is 42.5 Å². The number of rotatable bonds is 12. The standard InChI is InChI=1S/C27H31N3O6S/c1-5-35-26-17-22(11-16-25(26)36-19-21-9-7-6-8-10-21)18-28-29-27(31)20(2)30(37(4,32)33)23-12-14-24(34-3)15-13-23/h6-18,20H,5,19H2,1-4H3,(H,29,31)/b28-18-/t20-/m1/s1. The first-order valence-corrected chi connectivity index (χ1v) is 13.5. The van der Waals surface area contributed by atoms with Crippen molar-refractivity contribution in [1.82, 2.24) is 5.43 Å². The maximum atomic E-state index is 12.8. The summed E-state index contributed by atoms with van der Waals surface area (Å²) in [5, 5.41) is 4.01. The van der Waals surface area contributed by atoms with Gasteiger partial charge in [-0.05, 0) is 67.4 Å². The van der Waals surface area contributed by atoms with Gasteiger partial charge in [0.05, 0.1) is 31.9 Å². The molecule has 0 spiro atoms. The number of hydrogen-bond donors (Lipinski definition) is 1. The van der Waals surface area contributed by atoms with Gasteiger partial charge in [0.1, 0.15) is 18.4 Å². The van der Waals surface area contributed by atoms with Gasteiger partial charge in [-0.2, -0.15) is 5.10 Å². The molecule has 37 heavy (non-hydrogen) atoms. The van der Waals surface area contributed by atoms with Gasteiger partial charge in [-0.25, -0.2) is 13.8 Å². The lowest BCUT2D eigenvalue weighted by molar-refractivity contribution is -0.121. The van der Waals surface area contributed by atoms with Crippen molar-refractivity contribution >= 4 is 27.8 Å². The molecule has 3 aromatic rings. The number of ether oxygens (including phenoxy) is 3. The van der Waals surface area contributed by atoms with Crippen LogP contribution in [-0.4, -0.2) is 46.6 Å². The summed E-state index contributed by atoms with van der Waals surface area (Å²) in [6.45, 7) is 4.21. The van der Waals surface area contributed by atoms with Gasteiger partial charge in [0.25, 0.3) is 5.91 Å². The second-order valence-corrected chi connectivity index (χ2v) is 9.94. The summed E-state index contributed by atoms with van der Waals surface area (Å²) in [5.41, 5.74) is 4.45. The summed E-state index contributed by atoms with van der Waals surface area (Å²) in [5.74, 6) is 1.11. The molecule has 9 nitrogen and oxygen atoms in total. The Morgan fingerprint density at radius 2 is 1.73 bits per heavy atom. The second kappa shape index (κ2) is 12.8. The van der Waals surface area contributed by atoms with E-state index < -0.39 is 22.0 Å². The third kappa shape index (κ3) is 7.71. The lowest BCUT2D eigenvalue weighted by Gasteiger charge is -2.27. The van der Waals surface area contributed by atoms with E-state index >= 15 is 0 Å². The van der Waals surface area contributed by atoms with Crippen molar-refractivity contribution in [2.45, 2.75) is 26.5 Å². The molecule has 10 heteroatoms. The van der Waals surface area contributed by atoms with Gasteiger partial charge in [0.15, 0.2) is 11.5 Å². The number of benzene rings is 3. The molecule has 0 saturated carbocycles. The summed E-state index contributed by atoms with van der Waals surface area (Å²) in [6, 6.07) is 20.4. The first kappa shape index (κ1) is 27.5. The molecule has 0 aromatic heterocycles. The Bertz CT molecular complexity index is 1310. The zero-order valence-electron chi connectivity index (χ0n) is 21.2. The van der Waals surface area contributed by atoms with Crippen molar-refractivity contribution < 1.29 is 27.4 Å². The SMILES string of the molecule is CCOc1cc(/C=N\NC(=O)[C@@H](C)N(c2ccc(OC)cc2)S(C)(=O)=O)ccc1OCc1ccccc1. The molecule has 0 aliphatic carbocycles. The minimum absolute atomic E-state index is 0.336. The first-order valence-electron chi connectivity index (χ1n) is 11.6. The van der Waals surface area contributed by atoms with E-state index in [1.807, 2.05) is 37.3 Å². The van der Waals surface area contributed by atoms with Crippen molar-refractivity contribution in [1.29, 1.82) is 0 Å². The smallest absolute Gasteiger partial charge is 0.263 e. The quantitative estimate of drug-likeness (QED) is 0.283. The van der Waals surface area contributed by atoms with Crippen molar-refractivity contribution in [3.63, 3.8) is 0 Å². The molecule has 0 aliphatic heterocycles. The van der Waals surface area contributed by atoms with Gasteiger partial charge in [-0.1, -0.05) is 30.3 Å². The van der Waals surface area contributed by atoms with Crippen LogP contribution in [0, 0.1) is 0 Å². The minimum atomic E-state index is -3.75. The minimum Gasteiger partial charge on any atom is -0.497 e. The van der Waals surface area contributed by atoms with Gasteiger partial charge < -0.3 is 14.2 Å². The molecule has 0 saturated heterocycles. The Hall–Kier alpha value is -4.05. The van der Waals surface area contributed by atoms with Crippen LogP contribution in [0.15, 0.2) is 77.9 Å². The molecular formula is C27H31N3O6S. The number of anilines is 1. The largest absolute Gasteiger partial charge is 0.497 e. The summed E-state index contributed by atoms with van der Waals surface area (Å²) < 4.78 is 42.7. The Morgan fingerprint density at radius 1 is 1.03 bits per heavy atom. The molecular weight excluding hydrogens is 494 g/mol. The third-order valence-electron chi connectivity index (χ3n) is 5.31. The van der Waals surface area contributed by atoms with Gasteiger partial charge in [-0.15, -0.1) is 0 Å². The summed E-state index contributed by atoms with van der Waals surface area (Å²) >= 11 is 0. The first-order chi connectivity index (χ1) is 17.7. The summed E-state index contributed by atoms with van der Waals surface area (Å²) in [4.78, 5) is 12.8. The topological polar surface area (TPSA) is 107 Å². The Balaban J connectivity index is 1.69. The van der Waals surface area contributed by atoms with Gasteiger partial charge in [0.2, 0.25) is 10.0 Å². The normalized spacial score (nSPS) is 12.1. The van der Waals surface area contributed by atoms with E-state index in [0.717, 1.165) is 16.1 Å². The van der Waals surface area contributed by atoms with Crippen LogP contribution in [0.25, 0.3) is 0 Å². The molecule has 1 N–H and O–H groups in total. The van der Waals surface area contributed by atoms with E-state index in [2.05, 4.69) is 10.5 Å². The number of hydrazone groups is 1. The van der Waals surface area contributed by atoms with E-state index in [1.165, 1.54) is 20.2 Å². The maximum absolute atomic E-state index is 12.8. The predicted octanol–water partition coefficient (Wildman–Crippen LogP) is 3.98. The van der Waals surface area contributed by atoms with Crippen LogP contribution in [0.3, 0.4) is 0 Å². The highest BCUT2D eigenvalue weighted by Gasteiger charge is 2.29. The maximum Gasteiger partial charge on any atom is 0.263 e. The molecule has 0 fully saturated rings. The Kier molecular flexibility index (Phi) is 9.51. The average molecular weight is 526 g/mol. The molecule has 1 amide bonds. The fraction of sp³-hybridized carbons (Fsp3) is 0.259. The highest BCUT2D eigenvalue weighted by Crippen LogP contribution is 2.29. The van der Waals surface area contributed by atoms with Crippen LogP contribution in [0.4, 0.5) is 5.69 Å². The highest BCUT2D eigenvalue weighted by molar-refractivity contribution is 7.92. The molecule has 0 aliphatic rings. The molecule has 3 aromatic carbocycles. The van der Waals surface area contributed by atoms with Crippen molar-refractivity contribution in [2.24, 2.45) is 5.10 Å². The zero-order chi connectivity index (χ0) is 26.8. The molecule has 196 valence electrons. The third-order valence-corrected chi connectivity index (χ3v) is 6.55. The Labute approximate surface area is 217 Å². The molecule has 0 heterocycles. The number of carbonyl (C=O) groups excluding carboxylic acids is 1. The molecule has 0 radical (unpaired) electrons. The van der Waals surface area contributed by atoms with Crippen molar-refractivity contribution in [3.05, 3.63) is 83.9 Å². The second-order valence-electron chi connectivity index (χ2n) is 8.08. The fourth-order valence-electron chi connectivity index (χ4n) is 3.53. The predicted molar refractivity (Wildman–Crippen MR) is 144 cm³/mol. The Morgan fingerprint density at radius 3 is 2.35 bits per heavy atom. The van der Waals surface area contributed by atoms with Crippen molar-refractivity contribution in [3.8, 4) is 17.2 Å². The zero-order valence-corrected chi connectivity index (χ0v) is 22.1. The number of hydrogen-bond acceptors (Lipinski definition) is 7. The van der Waals surface area contributed by atoms with Crippen molar-refractivity contribution in [2.75, 3.05) is 24.3 Å². The number of methoxy groups -OCH3 is 1. The lowest BCUT2D eigenvalue weighted by atomic mass is 10.2. The van der Waals surface area contributed by atoms with Crippen LogP contribution in [-0.2, 0) is 21.4 Å². The highest BCUT2D eigenvalue weighted by atomic mass is 32.2. The van der Waals surface area contributed by atoms with Crippen LogP contribution in [0.5, 0.6) is 17.2 Å². The van der Waals surface area contributed by atoms with Crippen LogP contribution < -0.4 is 23.9 Å². The van der Waals surface area contributed by atoms with Crippen LogP contribution >= 0.6 is 0 Å². The van der Waals surface area contributed by atoms with E-state index in [9.17, 15) is 13.2 Å². The molecule has 3 rings (SSSR count). The molecule has 1 atom stereocenters. The number of sulfonamides is 1. The summed E-state index contributed by atoms with van der Waals surface area (Å²) in [6.07, 6.45) is 2.49. The number of nitrogens with one attached hydrogen (secondary N) is 1. The van der Waals surface area contributed by atoms with Gasteiger partial charge >= 0.3 is 0 Å². The molecule has 0 unspecified atom stereocenters. The fourth-order valence-corrected chi connectivity index (χ4v) is 4.70. The number of carbonyl (C=O) groups is 1. The summed E-state index contributed by atoms with van der Waals surface area (Å²) in [7, 11) is -2.24. The number of nitrogens with zero attached hydrogens (tertiary/aromatic N) is 2. The van der Waals surface area contributed by atoms with Gasteiger partial charge in [0, 0.05) is 0 Å². The van der Waals surface area contributed by atoms with Crippen LogP contribution in [0.2, 0.25) is 0 Å². The van der Waals surface area contributed by atoms with E-state index in [-0.39, 0.29) is 0 Å². The lowest BCUT2D eigenvalue weighted by Crippen LogP contribution is -2.46. The van der Waals surface area contributed by atoms with E-state index in [0.29, 0.717) is 41.7 Å². The van der Waals surface area contributed by atoms with Gasteiger partial charge in [-0.3, -0.25) is 9.10 Å². The van der Waals surface area contributed by atoms with Crippen LogP contribution in [0.1, 0.15) is 25.0 Å². The average Bonchev–Trinajstić information content (AvgIpc) is 2.88. The number of amides is 1. The van der Waals surface area contributed by atoms with E-state index in [4.69, 9.17) is 14.2 Å². The molecule has 0 bridgehead atoms. The monoisotopic (exact) mass is 525 g/mol.